The van der Waals surface area contributed by atoms with E-state index in [1.165, 1.54) is 0 Å². The van der Waals surface area contributed by atoms with E-state index < -0.39 is 0 Å². The topological polar surface area (TPSA) is 60.2 Å². The molecule has 0 aliphatic carbocycles. The lowest BCUT2D eigenvalue weighted by molar-refractivity contribution is 0.392. The first-order valence-electron chi connectivity index (χ1n) is 6.72. The van der Waals surface area contributed by atoms with Crippen LogP contribution in [0.4, 0.5) is 5.13 Å². The van der Waals surface area contributed by atoms with Crippen molar-refractivity contribution in [2.45, 2.75) is 26.8 Å². The number of thiazole rings is 1. The number of rotatable bonds is 4. The third kappa shape index (κ3) is 2.58. The number of anilines is 1. The first kappa shape index (κ1) is 13.9. The molecule has 0 fully saturated rings. The summed E-state index contributed by atoms with van der Waals surface area (Å²) < 4.78 is 11.6. The molecule has 2 heterocycles. The van der Waals surface area contributed by atoms with Crippen LogP contribution < -0.4 is 10.1 Å². The highest BCUT2D eigenvalue weighted by molar-refractivity contribution is 7.22. The van der Waals surface area contributed by atoms with E-state index in [1.54, 1.807) is 18.4 Å². The maximum absolute atomic E-state index is 5.24. The fraction of sp³-hybridized carbons (Fsp3) is 0.333. The normalized spacial score (nSPS) is 12.6. The standard InChI is InChI=1S/C15H17N3O2S/c1-8(14-9(2)18-20-10(14)3)16-15-17-12-6-5-11(19-4)7-13(12)21-15/h5-8H,1-4H3,(H,16,17). The molecule has 2 aromatic heterocycles. The molecule has 0 saturated heterocycles. The summed E-state index contributed by atoms with van der Waals surface area (Å²) in [5, 5.41) is 8.30. The fourth-order valence-electron chi connectivity index (χ4n) is 2.46. The highest BCUT2D eigenvalue weighted by atomic mass is 32.1. The molecule has 3 rings (SSSR count). The monoisotopic (exact) mass is 303 g/mol. The first-order valence-corrected chi connectivity index (χ1v) is 7.54. The van der Waals surface area contributed by atoms with E-state index in [0.29, 0.717) is 0 Å². The molecule has 5 nitrogen and oxygen atoms in total. The second-order valence-corrected chi connectivity index (χ2v) is 5.99. The number of ether oxygens (including phenoxy) is 1. The molecular formula is C15H17N3O2S. The molecule has 0 aliphatic rings. The number of fused-ring (bicyclic) bond motifs is 1. The number of benzene rings is 1. The Morgan fingerprint density at radius 1 is 1.33 bits per heavy atom. The first-order chi connectivity index (χ1) is 10.1. The average molecular weight is 303 g/mol. The van der Waals surface area contributed by atoms with E-state index in [4.69, 9.17) is 9.26 Å². The minimum atomic E-state index is 0.0960. The maximum Gasteiger partial charge on any atom is 0.184 e. The second kappa shape index (κ2) is 5.37. The van der Waals surface area contributed by atoms with Crippen LogP contribution in [0.1, 0.15) is 30.0 Å². The minimum absolute atomic E-state index is 0.0960. The molecule has 0 saturated carbocycles. The van der Waals surface area contributed by atoms with Gasteiger partial charge in [0.25, 0.3) is 0 Å². The Bertz CT molecular complexity index is 759. The van der Waals surface area contributed by atoms with Crippen molar-refractivity contribution in [3.8, 4) is 5.75 Å². The molecule has 0 aliphatic heterocycles. The predicted octanol–water partition coefficient (Wildman–Crippen LogP) is 4.08. The minimum Gasteiger partial charge on any atom is -0.497 e. The van der Waals surface area contributed by atoms with Gasteiger partial charge >= 0.3 is 0 Å². The van der Waals surface area contributed by atoms with Crippen LogP contribution in [0.2, 0.25) is 0 Å². The van der Waals surface area contributed by atoms with Crippen molar-refractivity contribution in [1.29, 1.82) is 0 Å². The Hall–Kier alpha value is -2.08. The van der Waals surface area contributed by atoms with E-state index in [0.717, 1.165) is 38.1 Å². The predicted molar refractivity (Wildman–Crippen MR) is 84.2 cm³/mol. The van der Waals surface area contributed by atoms with E-state index in [-0.39, 0.29) is 6.04 Å². The van der Waals surface area contributed by atoms with Gasteiger partial charge in [-0.05, 0) is 39.0 Å². The molecule has 3 aromatic rings. The number of hydrogen-bond acceptors (Lipinski definition) is 6. The number of nitrogens with zero attached hydrogens (tertiary/aromatic N) is 2. The summed E-state index contributed by atoms with van der Waals surface area (Å²) in [7, 11) is 1.67. The number of nitrogens with one attached hydrogen (secondary N) is 1. The molecule has 0 radical (unpaired) electrons. The van der Waals surface area contributed by atoms with E-state index >= 15 is 0 Å². The van der Waals surface area contributed by atoms with Gasteiger partial charge in [0, 0.05) is 5.56 Å². The van der Waals surface area contributed by atoms with Gasteiger partial charge in [0.2, 0.25) is 0 Å². The van der Waals surface area contributed by atoms with Crippen LogP contribution in [0.15, 0.2) is 22.7 Å². The molecule has 21 heavy (non-hydrogen) atoms. The Labute approximate surface area is 126 Å². The quantitative estimate of drug-likeness (QED) is 0.787. The largest absolute Gasteiger partial charge is 0.497 e. The van der Waals surface area contributed by atoms with Crippen molar-refractivity contribution in [2.24, 2.45) is 0 Å². The van der Waals surface area contributed by atoms with Gasteiger partial charge in [-0.1, -0.05) is 16.5 Å². The molecule has 0 spiro atoms. The third-order valence-corrected chi connectivity index (χ3v) is 4.41. The maximum atomic E-state index is 5.24. The summed E-state index contributed by atoms with van der Waals surface area (Å²) in [6.07, 6.45) is 0. The van der Waals surface area contributed by atoms with Crippen molar-refractivity contribution in [3.05, 3.63) is 35.2 Å². The van der Waals surface area contributed by atoms with Crippen LogP contribution in [0.25, 0.3) is 10.2 Å². The Morgan fingerprint density at radius 3 is 2.81 bits per heavy atom. The van der Waals surface area contributed by atoms with E-state index in [9.17, 15) is 0 Å². The van der Waals surface area contributed by atoms with Crippen LogP contribution in [-0.2, 0) is 0 Å². The highest BCUT2D eigenvalue weighted by Crippen LogP contribution is 2.32. The van der Waals surface area contributed by atoms with Crippen molar-refractivity contribution in [3.63, 3.8) is 0 Å². The lowest BCUT2D eigenvalue weighted by Gasteiger charge is -2.12. The highest BCUT2D eigenvalue weighted by Gasteiger charge is 2.17. The Balaban J connectivity index is 1.88. The third-order valence-electron chi connectivity index (χ3n) is 3.46. The van der Waals surface area contributed by atoms with Gasteiger partial charge in [0.05, 0.1) is 29.1 Å². The molecule has 6 heteroatoms. The molecule has 1 aromatic carbocycles. The van der Waals surface area contributed by atoms with Gasteiger partial charge in [0.1, 0.15) is 11.5 Å². The van der Waals surface area contributed by atoms with Gasteiger partial charge in [-0.25, -0.2) is 4.98 Å². The van der Waals surface area contributed by atoms with Crippen molar-refractivity contribution in [1.82, 2.24) is 10.1 Å². The zero-order chi connectivity index (χ0) is 15.0. The average Bonchev–Trinajstić information content (AvgIpc) is 3.00. The fourth-order valence-corrected chi connectivity index (χ4v) is 3.44. The molecule has 0 amide bonds. The van der Waals surface area contributed by atoms with Gasteiger partial charge < -0.3 is 14.6 Å². The van der Waals surface area contributed by atoms with Crippen molar-refractivity contribution >= 4 is 26.7 Å². The number of hydrogen-bond donors (Lipinski definition) is 1. The van der Waals surface area contributed by atoms with Gasteiger partial charge in [-0.15, -0.1) is 0 Å². The summed E-state index contributed by atoms with van der Waals surface area (Å²) >= 11 is 1.61. The SMILES string of the molecule is COc1ccc2nc(NC(C)c3c(C)noc3C)sc2c1. The van der Waals surface area contributed by atoms with Crippen LogP contribution in [-0.4, -0.2) is 17.3 Å². The van der Waals surface area contributed by atoms with Crippen LogP contribution in [0.5, 0.6) is 5.75 Å². The summed E-state index contributed by atoms with van der Waals surface area (Å²) in [5.74, 6) is 1.69. The zero-order valence-corrected chi connectivity index (χ0v) is 13.2. The smallest absolute Gasteiger partial charge is 0.184 e. The molecule has 1 N–H and O–H groups in total. The Kier molecular flexibility index (Phi) is 3.55. The van der Waals surface area contributed by atoms with Crippen LogP contribution >= 0.6 is 11.3 Å². The molecule has 1 unspecified atom stereocenters. The van der Waals surface area contributed by atoms with Gasteiger partial charge in [0.15, 0.2) is 5.13 Å². The summed E-state index contributed by atoms with van der Waals surface area (Å²) in [6.45, 7) is 5.96. The van der Waals surface area contributed by atoms with Crippen molar-refractivity contribution < 1.29 is 9.26 Å². The summed E-state index contributed by atoms with van der Waals surface area (Å²) in [4.78, 5) is 4.60. The number of aromatic nitrogens is 2. The van der Waals surface area contributed by atoms with Crippen LogP contribution in [0.3, 0.4) is 0 Å². The summed E-state index contributed by atoms with van der Waals surface area (Å²) in [6, 6.07) is 5.98. The lowest BCUT2D eigenvalue weighted by Crippen LogP contribution is -2.08. The molecule has 1 atom stereocenters. The summed E-state index contributed by atoms with van der Waals surface area (Å²) in [5.41, 5.74) is 2.97. The van der Waals surface area contributed by atoms with Crippen LogP contribution in [0, 0.1) is 13.8 Å². The van der Waals surface area contributed by atoms with Crippen molar-refractivity contribution in [2.75, 3.05) is 12.4 Å². The number of aryl methyl sites for hydroxylation is 2. The lowest BCUT2D eigenvalue weighted by atomic mass is 10.1. The Morgan fingerprint density at radius 2 is 2.14 bits per heavy atom. The zero-order valence-electron chi connectivity index (χ0n) is 12.4. The molecule has 110 valence electrons. The van der Waals surface area contributed by atoms with Gasteiger partial charge in [-0.3, -0.25) is 0 Å². The number of methoxy groups -OCH3 is 1. The van der Waals surface area contributed by atoms with E-state index in [2.05, 4.69) is 22.4 Å². The second-order valence-electron chi connectivity index (χ2n) is 4.96. The van der Waals surface area contributed by atoms with E-state index in [1.807, 2.05) is 32.0 Å². The molecular weight excluding hydrogens is 286 g/mol. The van der Waals surface area contributed by atoms with Gasteiger partial charge in [-0.2, -0.15) is 0 Å². The molecule has 0 bridgehead atoms.